The molecule has 0 spiro atoms. The van der Waals surface area contributed by atoms with E-state index < -0.39 is 11.6 Å². The topological polar surface area (TPSA) is 46.5 Å². The maximum absolute atomic E-state index is 13.2. The van der Waals surface area contributed by atoms with Crippen LogP contribution in [0.1, 0.15) is 45.6 Å². The summed E-state index contributed by atoms with van der Waals surface area (Å²) in [4.78, 5) is 11.3. The van der Waals surface area contributed by atoms with Gasteiger partial charge < -0.3 is 9.84 Å². The van der Waals surface area contributed by atoms with Crippen LogP contribution in [0.2, 0.25) is 0 Å². The van der Waals surface area contributed by atoms with Crippen molar-refractivity contribution in [2.24, 2.45) is 0 Å². The Kier molecular flexibility index (Phi) is 2.95. The second-order valence-corrected chi connectivity index (χ2v) is 6.95. The summed E-state index contributed by atoms with van der Waals surface area (Å²) in [6, 6.07) is 17.8. The van der Waals surface area contributed by atoms with E-state index in [9.17, 15) is 14.3 Å². The van der Waals surface area contributed by atoms with Crippen molar-refractivity contribution in [1.29, 1.82) is 0 Å². The number of aromatic carboxylic acids is 1. The average molecular weight is 346 g/mol. The van der Waals surface area contributed by atoms with Crippen molar-refractivity contribution in [2.45, 2.75) is 18.6 Å². The molecule has 2 atom stereocenters. The van der Waals surface area contributed by atoms with Gasteiger partial charge in [-0.25, -0.2) is 9.18 Å². The summed E-state index contributed by atoms with van der Waals surface area (Å²) in [5.74, 6) is -1.19. The molecular formula is C22H15FO3. The highest BCUT2D eigenvalue weighted by molar-refractivity contribution is 5.88. The van der Waals surface area contributed by atoms with E-state index in [4.69, 9.17) is 4.74 Å². The Morgan fingerprint density at radius 2 is 1.69 bits per heavy atom. The molecule has 2 aliphatic rings. The first-order valence-electron chi connectivity index (χ1n) is 8.43. The lowest BCUT2D eigenvalue weighted by molar-refractivity contribution is 0.00902. The summed E-state index contributed by atoms with van der Waals surface area (Å²) >= 11 is 0. The van der Waals surface area contributed by atoms with Crippen LogP contribution in [0.25, 0.3) is 11.1 Å². The van der Waals surface area contributed by atoms with E-state index in [0.717, 1.165) is 33.4 Å². The Labute approximate surface area is 149 Å². The number of carboxylic acid groups (broad SMARTS) is 1. The highest BCUT2D eigenvalue weighted by atomic mass is 19.1. The molecule has 0 aliphatic carbocycles. The van der Waals surface area contributed by atoms with E-state index in [2.05, 4.69) is 6.07 Å². The van der Waals surface area contributed by atoms with Crippen LogP contribution in [0.3, 0.4) is 0 Å². The number of hydrogen-bond acceptors (Lipinski definition) is 2. The first-order chi connectivity index (χ1) is 12.5. The third-order valence-corrected chi connectivity index (χ3v) is 5.48. The van der Waals surface area contributed by atoms with Gasteiger partial charge in [0, 0.05) is 0 Å². The molecule has 0 fully saturated rings. The number of carboxylic acids is 1. The van der Waals surface area contributed by atoms with E-state index in [1.807, 2.05) is 25.1 Å². The fraction of sp³-hybridized carbons (Fsp3) is 0.136. The van der Waals surface area contributed by atoms with Crippen molar-refractivity contribution in [1.82, 2.24) is 0 Å². The zero-order chi connectivity index (χ0) is 18.1. The zero-order valence-corrected chi connectivity index (χ0v) is 14.0. The summed E-state index contributed by atoms with van der Waals surface area (Å²) in [6.45, 7) is 2.02. The molecule has 1 N–H and O–H groups in total. The number of carbonyl (C=O) groups is 1. The van der Waals surface area contributed by atoms with Crippen LogP contribution < -0.4 is 0 Å². The Bertz CT molecular complexity index is 1070. The molecule has 0 amide bonds. The molecule has 0 saturated heterocycles. The summed E-state index contributed by atoms with van der Waals surface area (Å²) in [7, 11) is 0. The normalized spacial score (nSPS) is 22.2. The number of halogens is 1. The van der Waals surface area contributed by atoms with Crippen LogP contribution >= 0.6 is 0 Å². The highest BCUT2D eigenvalue weighted by Gasteiger charge is 2.51. The summed E-state index contributed by atoms with van der Waals surface area (Å²) in [6.07, 6.45) is -0.244. The van der Waals surface area contributed by atoms with Gasteiger partial charge in [-0.1, -0.05) is 30.3 Å². The molecule has 4 heteroatoms. The third kappa shape index (κ3) is 1.93. The highest BCUT2D eigenvalue weighted by Crippen LogP contribution is 2.58. The lowest BCUT2D eigenvalue weighted by atomic mass is 9.77. The zero-order valence-electron chi connectivity index (χ0n) is 14.0. The molecule has 26 heavy (non-hydrogen) atoms. The Balaban J connectivity index is 1.64. The number of benzene rings is 3. The van der Waals surface area contributed by atoms with Gasteiger partial charge in [0.05, 0.1) is 5.56 Å². The molecular weight excluding hydrogens is 331 g/mol. The molecule has 5 rings (SSSR count). The summed E-state index contributed by atoms with van der Waals surface area (Å²) in [5.41, 5.74) is 5.71. The fourth-order valence-electron chi connectivity index (χ4n) is 4.17. The van der Waals surface area contributed by atoms with Crippen LogP contribution in [0.4, 0.5) is 4.39 Å². The van der Waals surface area contributed by atoms with Gasteiger partial charge in [0.15, 0.2) is 0 Å². The molecule has 2 bridgehead atoms. The van der Waals surface area contributed by atoms with Crippen LogP contribution in [-0.2, 0) is 10.3 Å². The van der Waals surface area contributed by atoms with Crippen molar-refractivity contribution in [2.75, 3.05) is 0 Å². The molecule has 3 aromatic carbocycles. The molecule has 3 aromatic rings. The van der Waals surface area contributed by atoms with Crippen LogP contribution in [0, 0.1) is 5.82 Å². The molecule has 0 saturated carbocycles. The fourth-order valence-corrected chi connectivity index (χ4v) is 4.17. The van der Waals surface area contributed by atoms with Crippen molar-refractivity contribution in [3.63, 3.8) is 0 Å². The van der Waals surface area contributed by atoms with Gasteiger partial charge in [-0.2, -0.15) is 0 Å². The lowest BCUT2D eigenvalue weighted by Gasteiger charge is -2.25. The SMILES string of the molecule is CC12OC(c3cc(C(=O)O)ccc31)c1ccc(-c3ccc(F)cc3)cc12. The first kappa shape index (κ1) is 15.3. The van der Waals surface area contributed by atoms with Crippen LogP contribution in [0.5, 0.6) is 0 Å². The monoisotopic (exact) mass is 346 g/mol. The Morgan fingerprint density at radius 3 is 2.42 bits per heavy atom. The second-order valence-electron chi connectivity index (χ2n) is 6.95. The van der Waals surface area contributed by atoms with Crippen molar-refractivity contribution >= 4 is 5.97 Å². The minimum absolute atomic E-state index is 0.244. The number of fused-ring (bicyclic) bond motifs is 8. The van der Waals surface area contributed by atoms with Crippen molar-refractivity contribution in [3.8, 4) is 11.1 Å². The quantitative estimate of drug-likeness (QED) is 0.719. The van der Waals surface area contributed by atoms with Crippen molar-refractivity contribution < 1.29 is 19.0 Å². The summed E-state index contributed by atoms with van der Waals surface area (Å²) < 4.78 is 19.5. The third-order valence-electron chi connectivity index (χ3n) is 5.48. The first-order valence-corrected chi connectivity index (χ1v) is 8.43. The minimum Gasteiger partial charge on any atom is -0.478 e. The lowest BCUT2D eigenvalue weighted by Crippen LogP contribution is -2.21. The maximum Gasteiger partial charge on any atom is 0.335 e. The van der Waals surface area contributed by atoms with Crippen LogP contribution in [-0.4, -0.2) is 11.1 Å². The molecule has 2 heterocycles. The van der Waals surface area contributed by atoms with Gasteiger partial charge in [0.2, 0.25) is 0 Å². The Morgan fingerprint density at radius 1 is 0.962 bits per heavy atom. The van der Waals surface area contributed by atoms with Crippen LogP contribution in [0.15, 0.2) is 60.7 Å². The largest absolute Gasteiger partial charge is 0.478 e. The standard InChI is InChI=1S/C22H15FO3/c1-22-18-9-5-14(21(24)25)10-17(18)20(26-22)16-8-4-13(11-19(16)22)12-2-6-15(23)7-3-12/h2-11,20H,1H3,(H,24,25). The molecule has 2 unspecified atom stereocenters. The van der Waals surface area contributed by atoms with Crippen molar-refractivity contribution in [3.05, 3.63) is 94.3 Å². The minimum atomic E-state index is -0.937. The predicted octanol–water partition coefficient (Wildman–Crippen LogP) is 4.89. The molecule has 0 aromatic heterocycles. The molecule has 128 valence electrons. The Hall–Kier alpha value is -2.98. The van der Waals surface area contributed by atoms with Gasteiger partial charge in [-0.05, 0) is 70.6 Å². The van der Waals surface area contributed by atoms with E-state index in [1.54, 1.807) is 24.3 Å². The van der Waals surface area contributed by atoms with Gasteiger partial charge >= 0.3 is 5.97 Å². The number of hydrogen-bond donors (Lipinski definition) is 1. The van der Waals surface area contributed by atoms with E-state index >= 15 is 0 Å². The maximum atomic E-state index is 13.2. The van der Waals surface area contributed by atoms with Gasteiger partial charge in [0.1, 0.15) is 17.5 Å². The van der Waals surface area contributed by atoms with E-state index in [1.165, 1.54) is 12.1 Å². The number of rotatable bonds is 2. The van der Waals surface area contributed by atoms with Gasteiger partial charge in [0.25, 0.3) is 0 Å². The molecule has 0 radical (unpaired) electrons. The molecule has 3 nitrogen and oxygen atoms in total. The van der Waals surface area contributed by atoms with E-state index in [-0.39, 0.29) is 17.5 Å². The number of ether oxygens (including phenoxy) is 1. The molecule has 2 aliphatic heterocycles. The van der Waals surface area contributed by atoms with E-state index in [0.29, 0.717) is 0 Å². The van der Waals surface area contributed by atoms with Gasteiger partial charge in [-0.3, -0.25) is 0 Å². The van der Waals surface area contributed by atoms with Gasteiger partial charge in [-0.15, -0.1) is 0 Å². The average Bonchev–Trinajstić information content (AvgIpc) is 3.11. The second kappa shape index (κ2) is 5.02. The summed E-state index contributed by atoms with van der Waals surface area (Å²) in [5, 5.41) is 9.26. The predicted molar refractivity (Wildman–Crippen MR) is 94.6 cm³/mol. The smallest absolute Gasteiger partial charge is 0.335 e.